The van der Waals surface area contributed by atoms with E-state index in [-0.39, 0.29) is 17.6 Å². The Kier molecular flexibility index (Phi) is 3.66. The smallest absolute Gasteiger partial charge is 0.411 e. The standard InChI is InChI=1S/C14H20N2O3/c1-14(2)11(8-12(14)17)15-9-4-6-10(7-5-9)16-13(18)19-3/h4-7,11-12,15,17H,8H2,1-3H3,(H,16,18). The summed E-state index contributed by atoms with van der Waals surface area (Å²) in [5.74, 6) is 0. The van der Waals surface area contributed by atoms with Gasteiger partial charge in [-0.25, -0.2) is 4.79 Å². The van der Waals surface area contributed by atoms with E-state index in [4.69, 9.17) is 0 Å². The van der Waals surface area contributed by atoms with Gasteiger partial charge in [0.1, 0.15) is 0 Å². The van der Waals surface area contributed by atoms with E-state index in [1.54, 1.807) is 12.1 Å². The number of carbonyl (C=O) groups excluding carboxylic acids is 1. The van der Waals surface area contributed by atoms with Crippen molar-refractivity contribution < 1.29 is 14.6 Å². The molecule has 19 heavy (non-hydrogen) atoms. The summed E-state index contributed by atoms with van der Waals surface area (Å²) in [6, 6.07) is 7.67. The van der Waals surface area contributed by atoms with Gasteiger partial charge in [-0.05, 0) is 30.7 Å². The van der Waals surface area contributed by atoms with E-state index in [0.717, 1.165) is 12.1 Å². The molecule has 3 N–H and O–H groups in total. The molecule has 1 fully saturated rings. The van der Waals surface area contributed by atoms with Gasteiger partial charge in [0.05, 0.1) is 13.2 Å². The second-order valence-corrected chi connectivity index (χ2v) is 5.46. The van der Waals surface area contributed by atoms with Crippen molar-refractivity contribution in [3.8, 4) is 0 Å². The molecule has 1 aromatic carbocycles. The molecule has 0 radical (unpaired) electrons. The summed E-state index contributed by atoms with van der Waals surface area (Å²) in [4.78, 5) is 11.0. The van der Waals surface area contributed by atoms with E-state index in [1.807, 2.05) is 26.0 Å². The lowest BCUT2D eigenvalue weighted by Crippen LogP contribution is -2.56. The van der Waals surface area contributed by atoms with E-state index < -0.39 is 6.09 Å². The first-order chi connectivity index (χ1) is 8.93. The summed E-state index contributed by atoms with van der Waals surface area (Å²) in [6.07, 6.45) is 0.0315. The van der Waals surface area contributed by atoms with E-state index in [9.17, 15) is 9.90 Å². The third kappa shape index (κ3) is 2.81. The molecule has 0 heterocycles. The SMILES string of the molecule is COC(=O)Nc1ccc(NC2CC(O)C2(C)C)cc1. The predicted octanol–water partition coefficient (Wildman–Crippen LogP) is 2.44. The van der Waals surface area contributed by atoms with Crippen LogP contribution in [0.15, 0.2) is 24.3 Å². The van der Waals surface area contributed by atoms with Gasteiger partial charge in [-0.2, -0.15) is 0 Å². The molecule has 0 spiro atoms. The summed E-state index contributed by atoms with van der Waals surface area (Å²) in [5.41, 5.74) is 1.55. The lowest BCUT2D eigenvalue weighted by molar-refractivity contribution is -0.0510. The van der Waals surface area contributed by atoms with E-state index >= 15 is 0 Å². The molecule has 1 saturated carbocycles. The first-order valence-corrected chi connectivity index (χ1v) is 6.33. The number of ether oxygens (including phenoxy) is 1. The quantitative estimate of drug-likeness (QED) is 0.784. The molecule has 2 unspecified atom stereocenters. The highest BCUT2D eigenvalue weighted by Gasteiger charge is 2.47. The summed E-state index contributed by atoms with van der Waals surface area (Å²) in [5, 5.41) is 15.7. The maximum absolute atomic E-state index is 11.0. The number of rotatable bonds is 3. The molecule has 5 nitrogen and oxygen atoms in total. The number of methoxy groups -OCH3 is 1. The van der Waals surface area contributed by atoms with Crippen LogP contribution in [0.4, 0.5) is 16.2 Å². The highest BCUT2D eigenvalue weighted by atomic mass is 16.5. The van der Waals surface area contributed by atoms with Crippen LogP contribution < -0.4 is 10.6 Å². The van der Waals surface area contributed by atoms with Crippen molar-refractivity contribution in [2.24, 2.45) is 5.41 Å². The molecular formula is C14H20N2O3. The Hall–Kier alpha value is -1.75. The van der Waals surface area contributed by atoms with Gasteiger partial charge >= 0.3 is 6.09 Å². The number of nitrogens with one attached hydrogen (secondary N) is 2. The number of aliphatic hydroxyl groups is 1. The van der Waals surface area contributed by atoms with Crippen LogP contribution in [0.1, 0.15) is 20.3 Å². The zero-order valence-corrected chi connectivity index (χ0v) is 11.4. The normalized spacial score (nSPS) is 24.2. The number of hydrogen-bond donors (Lipinski definition) is 3. The average molecular weight is 264 g/mol. The van der Waals surface area contributed by atoms with Crippen LogP contribution in [0.25, 0.3) is 0 Å². The Bertz CT molecular complexity index is 456. The molecule has 2 atom stereocenters. The van der Waals surface area contributed by atoms with Crippen molar-refractivity contribution in [2.75, 3.05) is 17.7 Å². The molecule has 1 aromatic rings. The third-order valence-corrected chi connectivity index (χ3v) is 3.87. The van der Waals surface area contributed by atoms with Crippen LogP contribution in [0.3, 0.4) is 0 Å². The number of benzene rings is 1. The highest BCUT2D eigenvalue weighted by molar-refractivity contribution is 5.84. The van der Waals surface area contributed by atoms with E-state index in [2.05, 4.69) is 15.4 Å². The molecular weight excluding hydrogens is 244 g/mol. The summed E-state index contributed by atoms with van der Waals surface area (Å²) in [7, 11) is 1.33. The fourth-order valence-electron chi connectivity index (χ4n) is 2.17. The second-order valence-electron chi connectivity index (χ2n) is 5.46. The van der Waals surface area contributed by atoms with Crippen molar-refractivity contribution in [1.29, 1.82) is 0 Å². The second kappa shape index (κ2) is 5.09. The number of aliphatic hydroxyl groups excluding tert-OH is 1. The van der Waals surface area contributed by atoms with Gasteiger partial charge in [0.25, 0.3) is 0 Å². The van der Waals surface area contributed by atoms with Gasteiger partial charge in [0, 0.05) is 22.8 Å². The zero-order valence-electron chi connectivity index (χ0n) is 11.4. The molecule has 0 aromatic heterocycles. The summed E-state index contributed by atoms with van der Waals surface area (Å²) >= 11 is 0. The number of hydrogen-bond acceptors (Lipinski definition) is 4. The monoisotopic (exact) mass is 264 g/mol. The lowest BCUT2D eigenvalue weighted by atomic mass is 9.64. The van der Waals surface area contributed by atoms with Gasteiger partial charge in [-0.1, -0.05) is 13.8 Å². The van der Waals surface area contributed by atoms with Crippen LogP contribution in [0.2, 0.25) is 0 Å². The van der Waals surface area contributed by atoms with Crippen LogP contribution in [-0.4, -0.2) is 30.5 Å². The molecule has 2 rings (SSSR count). The molecule has 1 aliphatic carbocycles. The van der Waals surface area contributed by atoms with Crippen molar-refractivity contribution in [2.45, 2.75) is 32.4 Å². The average Bonchev–Trinajstić information content (AvgIpc) is 2.40. The molecule has 104 valence electrons. The fraction of sp³-hybridized carbons (Fsp3) is 0.500. The molecule has 0 bridgehead atoms. The van der Waals surface area contributed by atoms with E-state index in [0.29, 0.717) is 5.69 Å². The maximum Gasteiger partial charge on any atom is 0.411 e. The Balaban J connectivity index is 1.94. The van der Waals surface area contributed by atoms with Gasteiger partial charge in [-0.3, -0.25) is 5.32 Å². The van der Waals surface area contributed by atoms with Crippen molar-refractivity contribution in [3.63, 3.8) is 0 Å². The topological polar surface area (TPSA) is 70.6 Å². The van der Waals surface area contributed by atoms with Gasteiger partial charge in [0.2, 0.25) is 0 Å². The molecule has 1 amide bonds. The lowest BCUT2D eigenvalue weighted by Gasteiger charge is -2.49. The molecule has 1 aliphatic rings. The van der Waals surface area contributed by atoms with Crippen LogP contribution in [0.5, 0.6) is 0 Å². The Morgan fingerprint density at radius 2 is 1.89 bits per heavy atom. The Morgan fingerprint density at radius 3 is 2.37 bits per heavy atom. The van der Waals surface area contributed by atoms with Crippen molar-refractivity contribution >= 4 is 17.5 Å². The minimum Gasteiger partial charge on any atom is -0.453 e. The highest BCUT2D eigenvalue weighted by Crippen LogP contribution is 2.42. The molecule has 0 saturated heterocycles. The Labute approximate surface area is 113 Å². The van der Waals surface area contributed by atoms with Crippen LogP contribution in [0, 0.1) is 5.41 Å². The fourth-order valence-corrected chi connectivity index (χ4v) is 2.17. The zero-order chi connectivity index (χ0) is 14.0. The van der Waals surface area contributed by atoms with Crippen LogP contribution in [-0.2, 0) is 4.74 Å². The largest absolute Gasteiger partial charge is 0.453 e. The molecule has 5 heteroatoms. The third-order valence-electron chi connectivity index (χ3n) is 3.87. The first kappa shape index (κ1) is 13.7. The summed E-state index contributed by atoms with van der Waals surface area (Å²) in [6.45, 7) is 4.10. The van der Waals surface area contributed by atoms with E-state index in [1.165, 1.54) is 7.11 Å². The molecule has 0 aliphatic heterocycles. The Morgan fingerprint density at radius 1 is 1.32 bits per heavy atom. The number of amides is 1. The number of carbonyl (C=O) groups is 1. The van der Waals surface area contributed by atoms with Gasteiger partial charge in [0.15, 0.2) is 0 Å². The van der Waals surface area contributed by atoms with Gasteiger partial charge < -0.3 is 15.2 Å². The first-order valence-electron chi connectivity index (χ1n) is 6.33. The van der Waals surface area contributed by atoms with Crippen molar-refractivity contribution in [3.05, 3.63) is 24.3 Å². The predicted molar refractivity (Wildman–Crippen MR) is 74.3 cm³/mol. The minimum atomic E-state index is -0.482. The van der Waals surface area contributed by atoms with Crippen LogP contribution >= 0.6 is 0 Å². The van der Waals surface area contributed by atoms with Gasteiger partial charge in [-0.15, -0.1) is 0 Å². The summed E-state index contributed by atoms with van der Waals surface area (Å²) < 4.78 is 4.52. The maximum atomic E-state index is 11.0. The van der Waals surface area contributed by atoms with Crippen molar-refractivity contribution in [1.82, 2.24) is 0 Å². The number of anilines is 2. The minimum absolute atomic E-state index is 0.108.